The quantitative estimate of drug-likeness (QED) is 0.835. The first-order chi connectivity index (χ1) is 8.21. The van der Waals surface area contributed by atoms with Gasteiger partial charge < -0.3 is 9.64 Å². The molecule has 0 unspecified atom stereocenters. The molecule has 4 heteroatoms. The monoisotopic (exact) mass is 295 g/mol. The van der Waals surface area contributed by atoms with Crippen molar-refractivity contribution in [3.05, 3.63) is 34.3 Å². The molecule has 3 rings (SSSR count). The Bertz CT molecular complexity index is 451. The van der Waals surface area contributed by atoms with E-state index in [2.05, 4.69) is 15.9 Å². The maximum absolute atomic E-state index is 12.2. The van der Waals surface area contributed by atoms with Crippen molar-refractivity contribution in [1.82, 2.24) is 4.90 Å². The Balaban J connectivity index is 1.70. The molecule has 2 heterocycles. The van der Waals surface area contributed by atoms with E-state index in [9.17, 15) is 4.79 Å². The highest BCUT2D eigenvalue weighted by Gasteiger charge is 2.52. The summed E-state index contributed by atoms with van der Waals surface area (Å²) in [6.45, 7) is 2.32. The number of ether oxygens (including phenoxy) is 1. The molecular weight excluding hydrogens is 282 g/mol. The van der Waals surface area contributed by atoms with Crippen molar-refractivity contribution in [3.63, 3.8) is 0 Å². The van der Waals surface area contributed by atoms with Gasteiger partial charge in [-0.05, 0) is 18.1 Å². The average Bonchev–Trinajstić information content (AvgIpc) is 2.17. The molecule has 0 N–H and O–H groups in total. The number of amides is 1. The van der Waals surface area contributed by atoms with Gasteiger partial charge in [0.2, 0.25) is 5.91 Å². The van der Waals surface area contributed by atoms with Crippen molar-refractivity contribution < 1.29 is 9.53 Å². The van der Waals surface area contributed by atoms with Crippen molar-refractivity contribution in [2.75, 3.05) is 19.8 Å². The number of benzene rings is 1. The van der Waals surface area contributed by atoms with Gasteiger partial charge in [0.25, 0.3) is 0 Å². The van der Waals surface area contributed by atoms with Crippen LogP contribution in [0.1, 0.15) is 12.0 Å². The van der Waals surface area contributed by atoms with E-state index in [4.69, 9.17) is 4.74 Å². The van der Waals surface area contributed by atoms with E-state index < -0.39 is 0 Å². The molecule has 1 spiro atoms. The highest BCUT2D eigenvalue weighted by molar-refractivity contribution is 9.10. The third kappa shape index (κ3) is 1.79. The van der Waals surface area contributed by atoms with Crippen molar-refractivity contribution in [3.8, 4) is 0 Å². The van der Waals surface area contributed by atoms with E-state index in [1.807, 2.05) is 29.2 Å². The molecule has 2 fully saturated rings. The summed E-state index contributed by atoms with van der Waals surface area (Å²) < 4.78 is 6.24. The molecule has 2 aliphatic heterocycles. The number of hydrogen-bond acceptors (Lipinski definition) is 2. The molecule has 90 valence electrons. The summed E-state index contributed by atoms with van der Waals surface area (Å²) in [6.07, 6.45) is 1.57. The number of nitrogens with zero attached hydrogens (tertiary/aromatic N) is 1. The van der Waals surface area contributed by atoms with Gasteiger partial charge in [-0.15, -0.1) is 0 Å². The molecule has 3 nitrogen and oxygen atoms in total. The Labute approximate surface area is 109 Å². The molecule has 0 bridgehead atoms. The van der Waals surface area contributed by atoms with Crippen molar-refractivity contribution in [2.24, 2.45) is 0 Å². The van der Waals surface area contributed by atoms with Gasteiger partial charge in [-0.25, -0.2) is 0 Å². The Morgan fingerprint density at radius 1 is 1.41 bits per heavy atom. The Kier molecular flexibility index (Phi) is 2.71. The zero-order valence-corrected chi connectivity index (χ0v) is 11.1. The van der Waals surface area contributed by atoms with E-state index in [0.29, 0.717) is 19.6 Å². The number of rotatable bonds is 2. The summed E-state index contributed by atoms with van der Waals surface area (Å²) in [7, 11) is 0. The molecule has 0 saturated carbocycles. The number of hydrogen-bond donors (Lipinski definition) is 0. The lowest BCUT2D eigenvalue weighted by Gasteiger charge is -2.57. The summed E-state index contributed by atoms with van der Waals surface area (Å²) in [5.41, 5.74) is 1.11. The highest BCUT2D eigenvalue weighted by Crippen LogP contribution is 2.37. The van der Waals surface area contributed by atoms with Crippen LogP contribution >= 0.6 is 15.9 Å². The van der Waals surface area contributed by atoms with Crippen LogP contribution < -0.4 is 0 Å². The largest absolute Gasteiger partial charge is 0.376 e. The standard InChI is InChI=1S/C13H14BrNO2/c14-11-4-2-1-3-10(11)7-12(16)15-6-5-13(15)8-17-9-13/h1-4H,5-9H2. The average molecular weight is 296 g/mol. The molecule has 1 aromatic rings. The first-order valence-corrected chi connectivity index (χ1v) is 6.62. The van der Waals surface area contributed by atoms with Gasteiger partial charge in [0.1, 0.15) is 0 Å². The zero-order valence-electron chi connectivity index (χ0n) is 9.49. The van der Waals surface area contributed by atoms with Gasteiger partial charge in [-0.2, -0.15) is 0 Å². The molecule has 1 amide bonds. The molecule has 17 heavy (non-hydrogen) atoms. The van der Waals surface area contributed by atoms with E-state index in [1.54, 1.807) is 0 Å². The van der Waals surface area contributed by atoms with Gasteiger partial charge in [0.05, 0.1) is 25.2 Å². The van der Waals surface area contributed by atoms with Gasteiger partial charge in [0.15, 0.2) is 0 Å². The molecule has 2 saturated heterocycles. The predicted octanol–water partition coefficient (Wildman–Crippen LogP) is 1.99. The van der Waals surface area contributed by atoms with E-state index >= 15 is 0 Å². The van der Waals surface area contributed by atoms with Crippen LogP contribution in [0.15, 0.2) is 28.7 Å². The molecule has 0 atom stereocenters. The first-order valence-electron chi connectivity index (χ1n) is 5.83. The van der Waals surface area contributed by atoms with E-state index in [0.717, 1.165) is 23.0 Å². The zero-order chi connectivity index (χ0) is 11.9. The molecule has 1 aromatic carbocycles. The Hall–Kier alpha value is -0.870. The summed E-state index contributed by atoms with van der Waals surface area (Å²) in [4.78, 5) is 14.2. The first kappa shape index (κ1) is 11.2. The fraction of sp³-hybridized carbons (Fsp3) is 0.462. The number of carbonyl (C=O) groups is 1. The van der Waals surface area contributed by atoms with Crippen LogP contribution in [0.25, 0.3) is 0 Å². The number of carbonyl (C=O) groups excluding carboxylic acids is 1. The van der Waals surface area contributed by atoms with Crippen LogP contribution in [0.4, 0.5) is 0 Å². The topological polar surface area (TPSA) is 29.5 Å². The van der Waals surface area contributed by atoms with Crippen molar-refractivity contribution in [1.29, 1.82) is 0 Å². The van der Waals surface area contributed by atoms with Crippen LogP contribution in [0.3, 0.4) is 0 Å². The smallest absolute Gasteiger partial charge is 0.227 e. The van der Waals surface area contributed by atoms with Gasteiger partial charge >= 0.3 is 0 Å². The fourth-order valence-electron chi connectivity index (χ4n) is 2.47. The number of likely N-dealkylation sites (tertiary alicyclic amines) is 1. The van der Waals surface area contributed by atoms with Crippen LogP contribution in [0.2, 0.25) is 0 Å². The third-order valence-electron chi connectivity index (χ3n) is 3.72. The lowest BCUT2D eigenvalue weighted by Crippen LogP contribution is -2.72. The minimum atomic E-state index is 0.0539. The van der Waals surface area contributed by atoms with Gasteiger partial charge in [-0.1, -0.05) is 34.1 Å². The van der Waals surface area contributed by atoms with Gasteiger partial charge in [-0.3, -0.25) is 4.79 Å². The molecular formula is C13H14BrNO2. The fourth-order valence-corrected chi connectivity index (χ4v) is 2.89. The molecule has 0 aliphatic carbocycles. The van der Waals surface area contributed by atoms with Crippen LogP contribution in [-0.4, -0.2) is 36.1 Å². The minimum absolute atomic E-state index is 0.0539. The van der Waals surface area contributed by atoms with Gasteiger partial charge in [0, 0.05) is 11.0 Å². The maximum atomic E-state index is 12.2. The lowest BCUT2D eigenvalue weighted by molar-refractivity contribution is -0.199. The van der Waals surface area contributed by atoms with Crippen LogP contribution in [-0.2, 0) is 16.0 Å². The highest BCUT2D eigenvalue weighted by atomic mass is 79.9. The summed E-state index contributed by atoms with van der Waals surface area (Å²) >= 11 is 3.48. The molecule has 0 aromatic heterocycles. The SMILES string of the molecule is O=C(Cc1ccccc1Br)N1CCC12COC2. The predicted molar refractivity (Wildman–Crippen MR) is 67.7 cm³/mol. The van der Waals surface area contributed by atoms with Crippen LogP contribution in [0, 0.1) is 0 Å². The summed E-state index contributed by atoms with van der Waals surface area (Å²) in [5, 5.41) is 0. The second-order valence-electron chi connectivity index (χ2n) is 4.78. The Morgan fingerprint density at radius 3 is 2.71 bits per heavy atom. The minimum Gasteiger partial charge on any atom is -0.376 e. The van der Waals surface area contributed by atoms with Crippen molar-refractivity contribution in [2.45, 2.75) is 18.4 Å². The summed E-state index contributed by atoms with van der Waals surface area (Å²) in [6, 6.07) is 7.89. The lowest BCUT2D eigenvalue weighted by atomic mass is 9.82. The van der Waals surface area contributed by atoms with Crippen LogP contribution in [0.5, 0.6) is 0 Å². The Morgan fingerprint density at radius 2 is 2.18 bits per heavy atom. The number of halogens is 1. The third-order valence-corrected chi connectivity index (χ3v) is 4.49. The maximum Gasteiger partial charge on any atom is 0.227 e. The van der Waals surface area contributed by atoms with Crippen molar-refractivity contribution >= 4 is 21.8 Å². The molecule has 0 radical (unpaired) electrons. The second kappa shape index (κ2) is 4.10. The second-order valence-corrected chi connectivity index (χ2v) is 5.64. The summed E-state index contributed by atoms with van der Waals surface area (Å²) in [5.74, 6) is 0.214. The normalized spacial score (nSPS) is 20.9. The van der Waals surface area contributed by atoms with E-state index in [1.165, 1.54) is 0 Å². The molecule has 2 aliphatic rings. The van der Waals surface area contributed by atoms with E-state index in [-0.39, 0.29) is 11.4 Å².